The fraction of sp³-hybridized carbons (Fsp3) is 0.393. The number of aliphatic hydroxyl groups is 1. The summed E-state index contributed by atoms with van der Waals surface area (Å²) in [6.07, 6.45) is 4.91. The van der Waals surface area contributed by atoms with E-state index in [-0.39, 0.29) is 24.6 Å². The molecule has 1 amide bonds. The van der Waals surface area contributed by atoms with Crippen LogP contribution in [-0.4, -0.2) is 99.3 Å². The minimum atomic E-state index is -1.67. The molecule has 9 nitrogen and oxygen atoms in total. The van der Waals surface area contributed by atoms with Gasteiger partial charge in [0, 0.05) is 61.7 Å². The molecular weight excluding hydrogens is 538 g/mol. The van der Waals surface area contributed by atoms with Crippen LogP contribution in [0.25, 0.3) is 6.08 Å². The zero-order chi connectivity index (χ0) is 28.1. The van der Waals surface area contributed by atoms with Crippen LogP contribution in [0, 0.1) is 11.6 Å². The molecule has 1 aromatic heterocycles. The number of β-amino-alcohol motifs (C(OH)–C–C–N with tert-alkyl or cyclic N) is 1. The predicted molar refractivity (Wildman–Crippen MR) is 148 cm³/mol. The summed E-state index contributed by atoms with van der Waals surface area (Å²) >= 11 is 1.74. The zero-order valence-corrected chi connectivity index (χ0v) is 23.1. The maximum atomic E-state index is 14.7. The average Bonchev–Trinajstić information content (AvgIpc) is 3.61. The number of piperazine rings is 1. The van der Waals surface area contributed by atoms with Crippen LogP contribution in [-0.2, 0) is 16.9 Å². The summed E-state index contributed by atoms with van der Waals surface area (Å²) in [6, 6.07) is 11.1. The molecule has 2 aliphatic rings. The minimum Gasteiger partial charge on any atom is -0.497 e. The van der Waals surface area contributed by atoms with E-state index in [2.05, 4.69) is 21.1 Å². The van der Waals surface area contributed by atoms with Gasteiger partial charge in [-0.3, -0.25) is 14.6 Å². The molecule has 1 atom stereocenters. The number of amides is 1. The first kappa shape index (κ1) is 28.2. The van der Waals surface area contributed by atoms with Gasteiger partial charge in [-0.2, -0.15) is 5.10 Å². The Labute approximate surface area is 236 Å². The molecular formula is C28H32F2N6O3S. The number of rotatable bonds is 9. The maximum absolute atomic E-state index is 14.7. The number of thioether (sulfide) groups is 1. The lowest BCUT2D eigenvalue weighted by Gasteiger charge is -2.40. The van der Waals surface area contributed by atoms with Crippen LogP contribution in [0.4, 0.5) is 8.78 Å². The van der Waals surface area contributed by atoms with Crippen molar-refractivity contribution in [2.75, 3.05) is 58.8 Å². The van der Waals surface area contributed by atoms with Gasteiger partial charge in [0.15, 0.2) is 0 Å². The normalized spacial score (nSPS) is 19.2. The highest BCUT2D eigenvalue weighted by Crippen LogP contribution is 2.30. The van der Waals surface area contributed by atoms with Crippen molar-refractivity contribution < 1.29 is 23.4 Å². The molecule has 1 N–H and O–H groups in total. The van der Waals surface area contributed by atoms with Crippen LogP contribution in [0.15, 0.2) is 60.0 Å². The molecule has 0 bridgehead atoms. The summed E-state index contributed by atoms with van der Waals surface area (Å²) in [4.78, 5) is 24.1. The molecule has 3 heterocycles. The van der Waals surface area contributed by atoms with Crippen LogP contribution in [0.2, 0.25) is 0 Å². The van der Waals surface area contributed by atoms with Gasteiger partial charge in [-0.1, -0.05) is 18.2 Å². The summed E-state index contributed by atoms with van der Waals surface area (Å²) in [6.45, 7) is 3.15. The highest BCUT2D eigenvalue weighted by Gasteiger charge is 2.37. The van der Waals surface area contributed by atoms with Gasteiger partial charge in [-0.15, -0.1) is 11.8 Å². The molecule has 2 saturated heterocycles. The van der Waals surface area contributed by atoms with Gasteiger partial charge in [0.25, 0.3) is 0 Å². The highest BCUT2D eigenvalue weighted by molar-refractivity contribution is 8.03. The van der Waals surface area contributed by atoms with Crippen LogP contribution < -0.4 is 4.74 Å². The monoisotopic (exact) mass is 570 g/mol. The zero-order valence-electron chi connectivity index (χ0n) is 22.2. The molecule has 0 aliphatic carbocycles. The van der Waals surface area contributed by atoms with Crippen molar-refractivity contribution in [1.29, 1.82) is 0 Å². The van der Waals surface area contributed by atoms with Gasteiger partial charge < -0.3 is 14.7 Å². The second-order valence-electron chi connectivity index (χ2n) is 10.1. The number of hydrogen-bond acceptors (Lipinski definition) is 8. The molecule has 5 rings (SSSR count). The first-order valence-electron chi connectivity index (χ1n) is 13.0. The van der Waals surface area contributed by atoms with Crippen molar-refractivity contribution in [1.82, 2.24) is 29.5 Å². The molecule has 0 spiro atoms. The van der Waals surface area contributed by atoms with E-state index in [0.717, 1.165) is 35.9 Å². The Morgan fingerprint density at radius 2 is 1.88 bits per heavy atom. The van der Waals surface area contributed by atoms with E-state index in [1.54, 1.807) is 18.9 Å². The number of aromatic nitrogens is 3. The number of methoxy groups -OCH3 is 1. The largest absolute Gasteiger partial charge is 0.497 e. The van der Waals surface area contributed by atoms with Crippen molar-refractivity contribution in [3.05, 3.63) is 82.8 Å². The molecule has 0 saturated carbocycles. The van der Waals surface area contributed by atoms with Crippen LogP contribution in [0.3, 0.4) is 0 Å². The number of nitrogens with zero attached hydrogens (tertiary/aromatic N) is 6. The molecule has 40 heavy (non-hydrogen) atoms. The Balaban J connectivity index is 1.15. The molecule has 12 heteroatoms. The number of carbonyl (C=O) groups is 1. The van der Waals surface area contributed by atoms with E-state index in [0.29, 0.717) is 32.7 Å². The molecule has 2 fully saturated rings. The summed E-state index contributed by atoms with van der Waals surface area (Å²) < 4.78 is 34.9. The maximum Gasteiger partial charge on any atom is 0.236 e. The smallest absolute Gasteiger partial charge is 0.236 e. The number of carbonyl (C=O) groups excluding carboxylic acids is 1. The number of halogens is 2. The van der Waals surface area contributed by atoms with Gasteiger partial charge >= 0.3 is 0 Å². The van der Waals surface area contributed by atoms with Crippen molar-refractivity contribution in [2.45, 2.75) is 12.1 Å². The van der Waals surface area contributed by atoms with Crippen molar-refractivity contribution >= 4 is 23.7 Å². The summed E-state index contributed by atoms with van der Waals surface area (Å²) in [7, 11) is 1.64. The fourth-order valence-corrected chi connectivity index (χ4v) is 6.07. The van der Waals surface area contributed by atoms with E-state index in [4.69, 9.17) is 4.74 Å². The van der Waals surface area contributed by atoms with Crippen molar-refractivity contribution in [3.8, 4) is 5.75 Å². The first-order valence-corrected chi connectivity index (χ1v) is 14.0. The van der Waals surface area contributed by atoms with E-state index in [1.807, 2.05) is 34.1 Å². The second kappa shape index (κ2) is 12.5. The Hall–Kier alpha value is -3.32. The third-order valence-electron chi connectivity index (χ3n) is 7.15. The Kier molecular flexibility index (Phi) is 8.79. The molecule has 0 radical (unpaired) electrons. The Bertz CT molecular complexity index is 1330. The number of ether oxygens (including phenoxy) is 1. The lowest BCUT2D eigenvalue weighted by molar-refractivity contribution is -0.134. The third kappa shape index (κ3) is 6.87. The summed E-state index contributed by atoms with van der Waals surface area (Å²) in [5.74, 6) is 0.104. The standard InChI is InChI=1S/C28H32F2N6O3S/c1-39-23-5-2-21(3-6-23)12-24-14-34(20-40-24)15-27(37)35-10-8-33(9-11-35)16-28(38,17-36-19-31-18-32-36)25-7-4-22(29)13-26(25)30/h2-7,12-13,18-19,38H,8-11,14-17,20H2,1H3. The van der Waals surface area contributed by atoms with Crippen molar-refractivity contribution in [2.24, 2.45) is 0 Å². The van der Waals surface area contributed by atoms with Crippen LogP contribution >= 0.6 is 11.8 Å². The average molecular weight is 571 g/mol. The molecule has 1 unspecified atom stereocenters. The van der Waals surface area contributed by atoms with Gasteiger partial charge in [-0.05, 0) is 29.8 Å². The third-order valence-corrected chi connectivity index (χ3v) is 8.26. The van der Waals surface area contributed by atoms with Gasteiger partial charge in [0.2, 0.25) is 5.91 Å². The first-order chi connectivity index (χ1) is 19.3. The predicted octanol–water partition coefficient (Wildman–Crippen LogP) is 2.64. The van der Waals surface area contributed by atoms with Gasteiger partial charge in [0.1, 0.15) is 35.6 Å². The highest BCUT2D eigenvalue weighted by atomic mass is 32.2. The topological polar surface area (TPSA) is 87.0 Å². The van der Waals surface area contributed by atoms with Gasteiger partial charge in [-0.25, -0.2) is 18.4 Å². The summed E-state index contributed by atoms with van der Waals surface area (Å²) in [5, 5.41) is 15.7. The molecule has 2 aromatic carbocycles. The second-order valence-corrected chi connectivity index (χ2v) is 11.1. The fourth-order valence-electron chi connectivity index (χ4n) is 5.05. The van der Waals surface area contributed by atoms with E-state index >= 15 is 0 Å². The van der Waals surface area contributed by atoms with Crippen molar-refractivity contribution in [3.63, 3.8) is 0 Å². The molecule has 2 aliphatic heterocycles. The lowest BCUT2D eigenvalue weighted by Crippen LogP contribution is -2.54. The van der Waals surface area contributed by atoms with Crippen LogP contribution in [0.5, 0.6) is 5.75 Å². The van der Waals surface area contributed by atoms with Gasteiger partial charge in [0.05, 0.1) is 20.2 Å². The number of hydrogen-bond donors (Lipinski definition) is 1. The van der Waals surface area contributed by atoms with Crippen LogP contribution in [0.1, 0.15) is 11.1 Å². The Morgan fingerprint density at radius 1 is 1.10 bits per heavy atom. The van der Waals surface area contributed by atoms with E-state index in [1.165, 1.54) is 28.3 Å². The molecule has 3 aromatic rings. The Morgan fingerprint density at radius 3 is 2.55 bits per heavy atom. The quantitative estimate of drug-likeness (QED) is 0.420. The molecule has 212 valence electrons. The minimum absolute atomic E-state index is 0.00654. The SMILES string of the molecule is COc1ccc(C=C2CN(CC(=O)N3CCN(CC(O)(Cn4cncn4)c4ccc(F)cc4F)CC3)CS2)cc1. The number of benzene rings is 2. The lowest BCUT2D eigenvalue weighted by atomic mass is 9.92. The van der Waals surface area contributed by atoms with E-state index < -0.39 is 17.2 Å². The summed E-state index contributed by atoms with van der Waals surface area (Å²) in [5.41, 5.74) is -0.582. The van der Waals surface area contributed by atoms with E-state index in [9.17, 15) is 18.7 Å².